The summed E-state index contributed by atoms with van der Waals surface area (Å²) in [6.45, 7) is 9.99. The molecule has 3 heteroatoms. The molecule has 1 unspecified atom stereocenters. The van der Waals surface area contributed by atoms with Gasteiger partial charge in [0.05, 0.1) is 12.5 Å². The number of nitriles is 1. The second-order valence-corrected chi connectivity index (χ2v) is 5.22. The molecule has 0 aliphatic carbocycles. The molecule has 0 N–H and O–H groups in total. The van der Waals surface area contributed by atoms with E-state index in [-0.39, 0.29) is 5.54 Å². The molecule has 1 fully saturated rings. The van der Waals surface area contributed by atoms with Crippen LogP contribution >= 0.6 is 0 Å². The molecule has 0 aromatic rings. The zero-order valence-corrected chi connectivity index (χ0v) is 10.5. The molecule has 0 aromatic heterocycles. The first kappa shape index (κ1) is 12.5. The first-order valence-electron chi connectivity index (χ1n) is 5.83. The van der Waals surface area contributed by atoms with E-state index in [1.54, 1.807) is 0 Å². The summed E-state index contributed by atoms with van der Waals surface area (Å²) in [4.78, 5) is 4.85. The molecule has 0 radical (unpaired) electrons. The van der Waals surface area contributed by atoms with Gasteiger partial charge in [-0.2, -0.15) is 5.26 Å². The highest BCUT2D eigenvalue weighted by Crippen LogP contribution is 2.25. The third-order valence-corrected chi connectivity index (χ3v) is 3.19. The molecule has 1 atom stereocenters. The fourth-order valence-corrected chi connectivity index (χ4v) is 2.77. The first-order valence-corrected chi connectivity index (χ1v) is 5.83. The van der Waals surface area contributed by atoms with Crippen molar-refractivity contribution in [2.75, 3.05) is 26.7 Å². The van der Waals surface area contributed by atoms with Gasteiger partial charge < -0.3 is 4.90 Å². The zero-order valence-electron chi connectivity index (χ0n) is 10.5. The van der Waals surface area contributed by atoms with Crippen molar-refractivity contribution in [3.8, 4) is 6.07 Å². The number of likely N-dealkylation sites (N-methyl/N-ethyl adjacent to an activating group) is 1. The molecule has 0 amide bonds. The van der Waals surface area contributed by atoms with Crippen LogP contribution in [-0.4, -0.2) is 48.1 Å². The maximum absolute atomic E-state index is 8.87. The van der Waals surface area contributed by atoms with Crippen LogP contribution in [0.4, 0.5) is 0 Å². The van der Waals surface area contributed by atoms with Crippen LogP contribution < -0.4 is 0 Å². The largest absolute Gasteiger partial charge is 0.303 e. The van der Waals surface area contributed by atoms with Crippen molar-refractivity contribution >= 4 is 0 Å². The highest BCUT2D eigenvalue weighted by Gasteiger charge is 2.37. The third kappa shape index (κ3) is 2.93. The summed E-state index contributed by atoms with van der Waals surface area (Å²) in [7, 11) is 2.15. The van der Waals surface area contributed by atoms with Gasteiger partial charge in [0, 0.05) is 24.7 Å². The number of rotatable bonds is 3. The van der Waals surface area contributed by atoms with Crippen molar-refractivity contribution in [1.29, 1.82) is 5.26 Å². The summed E-state index contributed by atoms with van der Waals surface area (Å²) in [5.41, 5.74) is 0.199. The highest BCUT2D eigenvalue weighted by atomic mass is 15.3. The molecule has 1 rings (SSSR count). The van der Waals surface area contributed by atoms with E-state index in [0.29, 0.717) is 12.5 Å². The Bertz CT molecular complexity index is 242. The van der Waals surface area contributed by atoms with Crippen molar-refractivity contribution in [3.05, 3.63) is 0 Å². The van der Waals surface area contributed by atoms with Crippen molar-refractivity contribution in [2.24, 2.45) is 0 Å². The lowest BCUT2D eigenvalue weighted by Crippen LogP contribution is -2.63. The molecule has 86 valence electrons. The van der Waals surface area contributed by atoms with Crippen LogP contribution in [-0.2, 0) is 0 Å². The molecule has 1 saturated heterocycles. The van der Waals surface area contributed by atoms with Crippen LogP contribution in [0.3, 0.4) is 0 Å². The maximum atomic E-state index is 8.87. The Kier molecular flexibility index (Phi) is 4.12. The molecule has 15 heavy (non-hydrogen) atoms. The Morgan fingerprint density at radius 2 is 2.13 bits per heavy atom. The Labute approximate surface area is 93.7 Å². The van der Waals surface area contributed by atoms with Crippen LogP contribution in [0.15, 0.2) is 0 Å². The minimum absolute atomic E-state index is 0.199. The normalized spacial score (nSPS) is 27.5. The molecule has 1 aliphatic heterocycles. The molecule has 0 saturated carbocycles. The quantitative estimate of drug-likeness (QED) is 0.709. The van der Waals surface area contributed by atoms with Gasteiger partial charge in [-0.05, 0) is 33.9 Å². The van der Waals surface area contributed by atoms with Gasteiger partial charge in [0.2, 0.25) is 0 Å². The predicted molar refractivity (Wildman–Crippen MR) is 62.6 cm³/mol. The molecule has 1 aliphatic rings. The van der Waals surface area contributed by atoms with E-state index >= 15 is 0 Å². The van der Waals surface area contributed by atoms with E-state index in [1.165, 1.54) is 0 Å². The number of hydrogen-bond donors (Lipinski definition) is 0. The van der Waals surface area contributed by atoms with E-state index in [0.717, 1.165) is 26.1 Å². The summed E-state index contributed by atoms with van der Waals surface area (Å²) < 4.78 is 0. The topological polar surface area (TPSA) is 30.3 Å². The van der Waals surface area contributed by atoms with Crippen LogP contribution in [0.25, 0.3) is 0 Å². The first-order chi connectivity index (χ1) is 7.01. The third-order valence-electron chi connectivity index (χ3n) is 3.19. The summed E-state index contributed by atoms with van der Waals surface area (Å²) in [6.07, 6.45) is 1.81. The van der Waals surface area contributed by atoms with Gasteiger partial charge in [-0.25, -0.2) is 0 Å². The Hall–Kier alpha value is -0.590. The van der Waals surface area contributed by atoms with Crippen molar-refractivity contribution < 1.29 is 0 Å². The highest BCUT2D eigenvalue weighted by molar-refractivity contribution is 4.97. The van der Waals surface area contributed by atoms with E-state index in [1.807, 2.05) is 0 Å². The second kappa shape index (κ2) is 4.96. The lowest BCUT2D eigenvalue weighted by atomic mass is 9.93. The van der Waals surface area contributed by atoms with Gasteiger partial charge in [-0.15, -0.1) is 0 Å². The Morgan fingerprint density at radius 1 is 1.47 bits per heavy atom. The Balaban J connectivity index is 2.77. The molecular weight excluding hydrogens is 186 g/mol. The van der Waals surface area contributed by atoms with Crippen molar-refractivity contribution in [3.63, 3.8) is 0 Å². The van der Waals surface area contributed by atoms with Gasteiger partial charge in [0.1, 0.15) is 0 Å². The zero-order chi connectivity index (χ0) is 11.5. The lowest BCUT2D eigenvalue weighted by Gasteiger charge is -2.50. The average Bonchev–Trinajstić information content (AvgIpc) is 2.10. The van der Waals surface area contributed by atoms with E-state index in [9.17, 15) is 0 Å². The minimum Gasteiger partial charge on any atom is -0.303 e. The molecule has 1 heterocycles. The summed E-state index contributed by atoms with van der Waals surface area (Å²) >= 11 is 0. The predicted octanol–water partition coefficient (Wildman–Crippen LogP) is 1.70. The summed E-state index contributed by atoms with van der Waals surface area (Å²) in [5, 5.41) is 8.87. The van der Waals surface area contributed by atoms with Crippen LogP contribution in [0.1, 0.15) is 33.6 Å². The fraction of sp³-hybridized carbons (Fsp3) is 0.917. The standard InChI is InChI=1S/C12H23N3/c1-5-8-15-11(6-7-13)9-14(4)10-12(15,2)3/h11H,5-6,8-10H2,1-4H3. The van der Waals surface area contributed by atoms with Gasteiger partial charge >= 0.3 is 0 Å². The number of nitrogens with zero attached hydrogens (tertiary/aromatic N) is 3. The number of hydrogen-bond acceptors (Lipinski definition) is 3. The SMILES string of the molecule is CCCN1C(CC#N)CN(C)CC1(C)C. The van der Waals surface area contributed by atoms with Crippen molar-refractivity contribution in [1.82, 2.24) is 9.80 Å². The maximum Gasteiger partial charge on any atom is 0.0638 e. The van der Waals surface area contributed by atoms with Crippen molar-refractivity contribution in [2.45, 2.75) is 45.2 Å². The van der Waals surface area contributed by atoms with Gasteiger partial charge in [0.15, 0.2) is 0 Å². The monoisotopic (exact) mass is 209 g/mol. The van der Waals surface area contributed by atoms with Gasteiger partial charge in [-0.1, -0.05) is 6.92 Å². The average molecular weight is 209 g/mol. The minimum atomic E-state index is 0.199. The lowest BCUT2D eigenvalue weighted by molar-refractivity contribution is -0.0138. The summed E-state index contributed by atoms with van der Waals surface area (Å²) in [6, 6.07) is 2.72. The molecule has 0 spiro atoms. The molecule has 3 nitrogen and oxygen atoms in total. The molecular formula is C12H23N3. The second-order valence-electron chi connectivity index (χ2n) is 5.22. The fourth-order valence-electron chi connectivity index (χ4n) is 2.77. The smallest absolute Gasteiger partial charge is 0.0638 e. The van der Waals surface area contributed by atoms with E-state index in [4.69, 9.17) is 5.26 Å². The molecule has 0 aromatic carbocycles. The molecule has 0 bridgehead atoms. The Morgan fingerprint density at radius 3 is 2.67 bits per heavy atom. The van der Waals surface area contributed by atoms with E-state index in [2.05, 4.69) is 43.7 Å². The van der Waals surface area contributed by atoms with Gasteiger partial charge in [-0.3, -0.25) is 4.90 Å². The van der Waals surface area contributed by atoms with Gasteiger partial charge in [0.25, 0.3) is 0 Å². The number of piperazine rings is 1. The summed E-state index contributed by atoms with van der Waals surface area (Å²) in [5.74, 6) is 0. The van der Waals surface area contributed by atoms with Crippen LogP contribution in [0, 0.1) is 11.3 Å². The van der Waals surface area contributed by atoms with Crippen LogP contribution in [0.2, 0.25) is 0 Å². The van der Waals surface area contributed by atoms with E-state index < -0.39 is 0 Å². The van der Waals surface area contributed by atoms with Crippen LogP contribution in [0.5, 0.6) is 0 Å².